The topological polar surface area (TPSA) is 55.0 Å². The van der Waals surface area contributed by atoms with E-state index in [2.05, 4.69) is 14.9 Å². The summed E-state index contributed by atoms with van der Waals surface area (Å²) < 4.78 is 26.3. The summed E-state index contributed by atoms with van der Waals surface area (Å²) in [6.07, 6.45) is 3.92. The molecule has 1 aliphatic rings. The number of benzene rings is 1. The maximum absolute atomic E-state index is 13.3. The van der Waals surface area contributed by atoms with Crippen LogP contribution in [0.3, 0.4) is 0 Å². The van der Waals surface area contributed by atoms with Gasteiger partial charge in [-0.1, -0.05) is 6.07 Å². The summed E-state index contributed by atoms with van der Waals surface area (Å²) >= 11 is 0. The lowest BCUT2D eigenvalue weighted by molar-refractivity contribution is 0.389. The van der Waals surface area contributed by atoms with Crippen molar-refractivity contribution in [2.24, 2.45) is 5.92 Å². The number of nitrogen functional groups attached to an aromatic ring is 1. The van der Waals surface area contributed by atoms with Crippen LogP contribution >= 0.6 is 0 Å². The van der Waals surface area contributed by atoms with Gasteiger partial charge in [0.1, 0.15) is 5.82 Å². The summed E-state index contributed by atoms with van der Waals surface area (Å²) in [4.78, 5) is 10.7. The zero-order valence-corrected chi connectivity index (χ0v) is 13.8. The average Bonchev–Trinajstić information content (AvgIpc) is 2.55. The lowest BCUT2D eigenvalue weighted by Gasteiger charge is -2.33. The zero-order valence-electron chi connectivity index (χ0n) is 13.8. The van der Waals surface area contributed by atoms with Crippen LogP contribution in [-0.2, 0) is 6.42 Å². The molecule has 3 rings (SSSR count). The molecule has 2 aromatic rings. The molecule has 0 spiro atoms. The maximum atomic E-state index is 13.3. The molecule has 0 aliphatic carbocycles. The number of rotatable bonds is 4. The summed E-state index contributed by atoms with van der Waals surface area (Å²) in [5.74, 6) is 0.110. The van der Waals surface area contributed by atoms with Crippen LogP contribution in [-0.4, -0.2) is 23.1 Å². The number of nitrogens with zero attached hydrogens (tertiary/aromatic N) is 3. The van der Waals surface area contributed by atoms with Crippen LogP contribution in [0.25, 0.3) is 0 Å². The first-order valence-corrected chi connectivity index (χ1v) is 8.31. The number of aryl methyl sites for hydroxylation is 2. The molecule has 0 radical (unpaired) electrons. The molecule has 1 saturated heterocycles. The van der Waals surface area contributed by atoms with Crippen LogP contribution in [0, 0.1) is 24.5 Å². The largest absolute Gasteiger partial charge is 0.368 e. The normalized spacial score (nSPS) is 18.0. The van der Waals surface area contributed by atoms with Gasteiger partial charge in [-0.2, -0.15) is 4.98 Å². The molecule has 1 atom stereocenters. The summed E-state index contributed by atoms with van der Waals surface area (Å²) in [5.41, 5.74) is 7.45. The number of aromatic nitrogens is 2. The molecule has 0 unspecified atom stereocenters. The van der Waals surface area contributed by atoms with Crippen molar-refractivity contribution >= 4 is 11.8 Å². The van der Waals surface area contributed by atoms with Crippen molar-refractivity contribution in [3.63, 3.8) is 0 Å². The van der Waals surface area contributed by atoms with Crippen LogP contribution in [0.5, 0.6) is 0 Å². The van der Waals surface area contributed by atoms with E-state index in [0.29, 0.717) is 11.9 Å². The third kappa shape index (κ3) is 3.99. The van der Waals surface area contributed by atoms with E-state index in [4.69, 9.17) is 5.73 Å². The van der Waals surface area contributed by atoms with Gasteiger partial charge >= 0.3 is 0 Å². The Bertz CT molecular complexity index is 700. The Morgan fingerprint density at radius 2 is 2.04 bits per heavy atom. The van der Waals surface area contributed by atoms with E-state index in [1.54, 1.807) is 6.07 Å². The van der Waals surface area contributed by atoms with E-state index in [1.165, 1.54) is 12.1 Å². The molecule has 1 aromatic heterocycles. The first-order chi connectivity index (χ1) is 11.5. The number of hydrogen-bond donors (Lipinski definition) is 1. The molecular formula is C18H22F2N4. The minimum Gasteiger partial charge on any atom is -0.368 e. The quantitative estimate of drug-likeness (QED) is 0.931. The minimum atomic E-state index is -0.792. The van der Waals surface area contributed by atoms with Gasteiger partial charge in [-0.3, -0.25) is 0 Å². The van der Waals surface area contributed by atoms with E-state index in [1.807, 2.05) is 13.0 Å². The van der Waals surface area contributed by atoms with E-state index >= 15 is 0 Å². The third-order valence-corrected chi connectivity index (χ3v) is 4.53. The molecular weight excluding hydrogens is 310 g/mol. The number of hydrogen-bond acceptors (Lipinski definition) is 4. The minimum absolute atomic E-state index is 0.300. The summed E-state index contributed by atoms with van der Waals surface area (Å²) in [6, 6.07) is 6.11. The highest BCUT2D eigenvalue weighted by atomic mass is 19.2. The summed E-state index contributed by atoms with van der Waals surface area (Å²) in [5, 5.41) is 0. The van der Waals surface area contributed by atoms with Crippen LogP contribution in [0.4, 0.5) is 20.5 Å². The molecule has 1 aromatic carbocycles. The highest BCUT2D eigenvalue weighted by Crippen LogP contribution is 2.26. The molecule has 0 amide bonds. The second kappa shape index (κ2) is 7.11. The van der Waals surface area contributed by atoms with Crippen molar-refractivity contribution < 1.29 is 8.78 Å². The highest BCUT2D eigenvalue weighted by molar-refractivity contribution is 5.43. The fourth-order valence-electron chi connectivity index (χ4n) is 3.31. The number of piperidine rings is 1. The van der Waals surface area contributed by atoms with Crippen molar-refractivity contribution in [1.29, 1.82) is 0 Å². The van der Waals surface area contributed by atoms with E-state index in [-0.39, 0.29) is 0 Å². The van der Waals surface area contributed by atoms with E-state index in [0.717, 1.165) is 55.8 Å². The zero-order chi connectivity index (χ0) is 17.1. The first-order valence-electron chi connectivity index (χ1n) is 8.31. The van der Waals surface area contributed by atoms with Crippen molar-refractivity contribution in [3.05, 3.63) is 47.2 Å². The van der Waals surface area contributed by atoms with Gasteiger partial charge in [-0.15, -0.1) is 0 Å². The molecule has 24 heavy (non-hydrogen) atoms. The van der Waals surface area contributed by atoms with Crippen molar-refractivity contribution in [1.82, 2.24) is 9.97 Å². The Morgan fingerprint density at radius 1 is 1.21 bits per heavy atom. The Hall–Kier alpha value is -2.24. The Balaban J connectivity index is 1.62. The number of nitrogens with two attached hydrogens (primary N) is 1. The molecule has 2 N–H and O–H groups in total. The highest BCUT2D eigenvalue weighted by Gasteiger charge is 2.21. The second-order valence-electron chi connectivity index (χ2n) is 6.47. The van der Waals surface area contributed by atoms with Gasteiger partial charge < -0.3 is 10.6 Å². The fraction of sp³-hybridized carbons (Fsp3) is 0.444. The van der Waals surface area contributed by atoms with Gasteiger partial charge in [0.25, 0.3) is 0 Å². The Morgan fingerprint density at radius 3 is 2.79 bits per heavy atom. The molecule has 4 nitrogen and oxygen atoms in total. The first kappa shape index (κ1) is 16.6. The van der Waals surface area contributed by atoms with Gasteiger partial charge in [-0.05, 0) is 56.2 Å². The van der Waals surface area contributed by atoms with Crippen LogP contribution in [0.2, 0.25) is 0 Å². The van der Waals surface area contributed by atoms with Gasteiger partial charge in [0.05, 0.1) is 0 Å². The van der Waals surface area contributed by atoms with Gasteiger partial charge in [0.15, 0.2) is 11.6 Å². The van der Waals surface area contributed by atoms with Gasteiger partial charge in [-0.25, -0.2) is 13.8 Å². The molecule has 0 bridgehead atoms. The monoisotopic (exact) mass is 332 g/mol. The number of anilines is 2. The number of halogens is 2. The molecule has 1 fully saturated rings. The van der Waals surface area contributed by atoms with Crippen molar-refractivity contribution in [2.75, 3.05) is 23.7 Å². The lowest BCUT2D eigenvalue weighted by atomic mass is 9.91. The Kier molecular flexibility index (Phi) is 4.92. The van der Waals surface area contributed by atoms with E-state index < -0.39 is 11.6 Å². The molecule has 2 heterocycles. The van der Waals surface area contributed by atoms with E-state index in [9.17, 15) is 8.78 Å². The van der Waals surface area contributed by atoms with Crippen LogP contribution in [0.1, 0.15) is 30.5 Å². The average molecular weight is 332 g/mol. The van der Waals surface area contributed by atoms with Crippen LogP contribution < -0.4 is 10.6 Å². The SMILES string of the molecule is Cc1cc(N2CCC[C@H](CCc3ccc(F)c(F)c3)C2)nc(N)n1. The van der Waals surface area contributed by atoms with Gasteiger partial charge in [0, 0.05) is 24.8 Å². The molecule has 1 aliphatic heterocycles. The molecule has 0 saturated carbocycles. The molecule has 6 heteroatoms. The van der Waals surface area contributed by atoms with Crippen molar-refractivity contribution in [2.45, 2.75) is 32.6 Å². The van der Waals surface area contributed by atoms with Crippen LogP contribution in [0.15, 0.2) is 24.3 Å². The Labute approximate surface area is 140 Å². The third-order valence-electron chi connectivity index (χ3n) is 4.53. The standard InChI is InChI=1S/C18H22F2N4/c1-12-9-17(23-18(21)22-12)24-8-2-3-14(11-24)5-4-13-6-7-15(19)16(20)10-13/h6-7,9-10,14H,2-5,8,11H2,1H3,(H2,21,22,23)/t14-/m1/s1. The predicted molar refractivity (Wildman–Crippen MR) is 90.8 cm³/mol. The van der Waals surface area contributed by atoms with Crippen molar-refractivity contribution in [3.8, 4) is 0 Å². The molecule has 128 valence electrons. The predicted octanol–water partition coefficient (Wildman–Crippen LogP) is 3.49. The summed E-state index contributed by atoms with van der Waals surface area (Å²) in [6.45, 7) is 3.77. The fourth-order valence-corrected chi connectivity index (χ4v) is 3.31. The maximum Gasteiger partial charge on any atom is 0.222 e. The van der Waals surface area contributed by atoms with Gasteiger partial charge in [0.2, 0.25) is 5.95 Å². The smallest absolute Gasteiger partial charge is 0.222 e. The second-order valence-corrected chi connectivity index (χ2v) is 6.47. The lowest BCUT2D eigenvalue weighted by Crippen LogP contribution is -2.36. The summed E-state index contributed by atoms with van der Waals surface area (Å²) in [7, 11) is 0.